The van der Waals surface area contributed by atoms with Gasteiger partial charge in [0, 0.05) is 6.54 Å². The standard InChI is InChI=1S/C11H14BrNO/c12-10-5-9(6-13)3-4-11(10)14-7-8-1-2-8/h3-5,8H,1-2,6-7,13H2. The van der Waals surface area contributed by atoms with E-state index in [0.29, 0.717) is 6.54 Å². The van der Waals surface area contributed by atoms with Crippen LogP contribution in [0.5, 0.6) is 5.75 Å². The molecule has 0 heterocycles. The predicted molar refractivity (Wildman–Crippen MR) is 60.3 cm³/mol. The Morgan fingerprint density at radius 2 is 2.21 bits per heavy atom. The fraction of sp³-hybridized carbons (Fsp3) is 0.455. The Hall–Kier alpha value is -0.540. The average Bonchev–Trinajstić information content (AvgIpc) is 2.99. The zero-order valence-corrected chi connectivity index (χ0v) is 9.59. The summed E-state index contributed by atoms with van der Waals surface area (Å²) in [5.41, 5.74) is 6.66. The lowest BCUT2D eigenvalue weighted by Gasteiger charge is -2.08. The van der Waals surface area contributed by atoms with E-state index in [2.05, 4.69) is 15.9 Å². The van der Waals surface area contributed by atoms with Crippen molar-refractivity contribution in [3.63, 3.8) is 0 Å². The zero-order valence-electron chi connectivity index (χ0n) is 8.00. The first-order chi connectivity index (χ1) is 6.79. The Bertz CT molecular complexity index is 323. The number of benzene rings is 1. The molecule has 0 unspecified atom stereocenters. The van der Waals surface area contributed by atoms with Gasteiger partial charge in [0.1, 0.15) is 5.75 Å². The molecule has 0 spiro atoms. The Morgan fingerprint density at radius 3 is 2.79 bits per heavy atom. The van der Waals surface area contributed by atoms with Crippen LogP contribution < -0.4 is 10.5 Å². The second kappa shape index (κ2) is 4.32. The minimum absolute atomic E-state index is 0.571. The summed E-state index contributed by atoms with van der Waals surface area (Å²) in [6.07, 6.45) is 2.64. The summed E-state index contributed by atoms with van der Waals surface area (Å²) in [4.78, 5) is 0. The third kappa shape index (κ3) is 2.49. The van der Waals surface area contributed by atoms with E-state index in [9.17, 15) is 0 Å². The highest BCUT2D eigenvalue weighted by Gasteiger charge is 2.22. The molecule has 0 atom stereocenters. The Labute approximate surface area is 92.6 Å². The third-order valence-electron chi connectivity index (χ3n) is 2.40. The van der Waals surface area contributed by atoms with Crippen molar-refractivity contribution in [3.05, 3.63) is 28.2 Å². The van der Waals surface area contributed by atoms with E-state index < -0.39 is 0 Å². The minimum Gasteiger partial charge on any atom is -0.492 e. The van der Waals surface area contributed by atoms with E-state index >= 15 is 0 Å². The first-order valence-electron chi connectivity index (χ1n) is 4.91. The molecule has 0 bridgehead atoms. The molecule has 1 aromatic rings. The van der Waals surface area contributed by atoms with Gasteiger partial charge in [0.05, 0.1) is 11.1 Å². The van der Waals surface area contributed by atoms with E-state index in [1.54, 1.807) is 0 Å². The quantitative estimate of drug-likeness (QED) is 0.898. The molecule has 0 aliphatic heterocycles. The lowest BCUT2D eigenvalue weighted by molar-refractivity contribution is 0.298. The molecular formula is C11H14BrNO. The smallest absolute Gasteiger partial charge is 0.133 e. The van der Waals surface area contributed by atoms with Gasteiger partial charge in [-0.05, 0) is 52.4 Å². The molecule has 3 heteroatoms. The second-order valence-corrected chi connectivity index (χ2v) is 4.58. The topological polar surface area (TPSA) is 35.2 Å². The van der Waals surface area contributed by atoms with E-state index in [1.165, 1.54) is 12.8 Å². The number of nitrogens with two attached hydrogens (primary N) is 1. The van der Waals surface area contributed by atoms with Crippen molar-refractivity contribution in [2.45, 2.75) is 19.4 Å². The van der Waals surface area contributed by atoms with Crippen molar-refractivity contribution in [2.75, 3.05) is 6.61 Å². The predicted octanol–water partition coefficient (Wildman–Crippen LogP) is 2.70. The second-order valence-electron chi connectivity index (χ2n) is 3.72. The van der Waals surface area contributed by atoms with E-state index in [4.69, 9.17) is 10.5 Å². The van der Waals surface area contributed by atoms with Crippen LogP contribution in [0.15, 0.2) is 22.7 Å². The van der Waals surface area contributed by atoms with Crippen LogP contribution in [0, 0.1) is 5.92 Å². The van der Waals surface area contributed by atoms with Crippen LogP contribution in [-0.4, -0.2) is 6.61 Å². The normalized spacial score (nSPS) is 15.6. The molecule has 14 heavy (non-hydrogen) atoms. The highest BCUT2D eigenvalue weighted by atomic mass is 79.9. The molecule has 0 aromatic heterocycles. The number of halogens is 1. The fourth-order valence-corrected chi connectivity index (χ4v) is 1.82. The number of hydrogen-bond donors (Lipinski definition) is 1. The van der Waals surface area contributed by atoms with Crippen molar-refractivity contribution in [1.82, 2.24) is 0 Å². The van der Waals surface area contributed by atoms with E-state index in [1.807, 2.05) is 18.2 Å². The molecule has 1 aliphatic carbocycles. The maximum absolute atomic E-state index is 5.67. The van der Waals surface area contributed by atoms with Gasteiger partial charge in [0.15, 0.2) is 0 Å². The largest absolute Gasteiger partial charge is 0.492 e. The summed E-state index contributed by atoms with van der Waals surface area (Å²) in [5, 5.41) is 0. The average molecular weight is 256 g/mol. The summed E-state index contributed by atoms with van der Waals surface area (Å²) in [6.45, 7) is 1.42. The molecule has 2 rings (SSSR count). The van der Waals surface area contributed by atoms with Crippen LogP contribution >= 0.6 is 15.9 Å². The first-order valence-corrected chi connectivity index (χ1v) is 5.70. The monoisotopic (exact) mass is 255 g/mol. The molecule has 2 N–H and O–H groups in total. The molecule has 1 fully saturated rings. The number of rotatable bonds is 4. The SMILES string of the molecule is NCc1ccc(OCC2CC2)c(Br)c1. The maximum Gasteiger partial charge on any atom is 0.133 e. The lowest BCUT2D eigenvalue weighted by Crippen LogP contribution is -2.01. The summed E-state index contributed by atoms with van der Waals surface area (Å²) < 4.78 is 6.67. The number of hydrogen-bond acceptors (Lipinski definition) is 2. The summed E-state index contributed by atoms with van der Waals surface area (Å²) >= 11 is 3.48. The Morgan fingerprint density at radius 1 is 1.43 bits per heavy atom. The van der Waals surface area contributed by atoms with Crippen molar-refractivity contribution >= 4 is 15.9 Å². The van der Waals surface area contributed by atoms with Gasteiger partial charge < -0.3 is 10.5 Å². The fourth-order valence-electron chi connectivity index (χ4n) is 1.28. The van der Waals surface area contributed by atoms with Gasteiger partial charge in [0.2, 0.25) is 0 Å². The van der Waals surface area contributed by atoms with E-state index in [-0.39, 0.29) is 0 Å². The molecule has 76 valence electrons. The van der Waals surface area contributed by atoms with Crippen molar-refractivity contribution in [2.24, 2.45) is 11.7 Å². The maximum atomic E-state index is 5.67. The van der Waals surface area contributed by atoms with Crippen LogP contribution in [-0.2, 0) is 6.54 Å². The molecule has 2 nitrogen and oxygen atoms in total. The van der Waals surface area contributed by atoms with Gasteiger partial charge in [0.25, 0.3) is 0 Å². The molecular weight excluding hydrogens is 242 g/mol. The molecule has 0 amide bonds. The Balaban J connectivity index is 2.01. The number of ether oxygens (including phenoxy) is 1. The Kier molecular flexibility index (Phi) is 3.08. The van der Waals surface area contributed by atoms with Gasteiger partial charge in [-0.2, -0.15) is 0 Å². The summed E-state index contributed by atoms with van der Waals surface area (Å²) in [6, 6.07) is 6.00. The van der Waals surface area contributed by atoms with Crippen LogP contribution in [0.25, 0.3) is 0 Å². The molecule has 1 aliphatic rings. The van der Waals surface area contributed by atoms with Gasteiger partial charge in [-0.15, -0.1) is 0 Å². The molecule has 1 saturated carbocycles. The van der Waals surface area contributed by atoms with Crippen LogP contribution in [0.4, 0.5) is 0 Å². The summed E-state index contributed by atoms with van der Waals surface area (Å²) in [5.74, 6) is 1.71. The van der Waals surface area contributed by atoms with Gasteiger partial charge >= 0.3 is 0 Å². The van der Waals surface area contributed by atoms with Crippen molar-refractivity contribution in [1.29, 1.82) is 0 Å². The zero-order chi connectivity index (χ0) is 9.97. The highest BCUT2D eigenvalue weighted by Crippen LogP contribution is 2.32. The van der Waals surface area contributed by atoms with Crippen LogP contribution in [0.2, 0.25) is 0 Å². The van der Waals surface area contributed by atoms with E-state index in [0.717, 1.165) is 28.3 Å². The highest BCUT2D eigenvalue weighted by molar-refractivity contribution is 9.10. The van der Waals surface area contributed by atoms with Crippen molar-refractivity contribution in [3.8, 4) is 5.75 Å². The van der Waals surface area contributed by atoms with Crippen molar-refractivity contribution < 1.29 is 4.74 Å². The molecule has 0 saturated heterocycles. The third-order valence-corrected chi connectivity index (χ3v) is 3.02. The van der Waals surface area contributed by atoms with Gasteiger partial charge in [-0.25, -0.2) is 0 Å². The van der Waals surface area contributed by atoms with Gasteiger partial charge in [-0.1, -0.05) is 6.07 Å². The van der Waals surface area contributed by atoms with Crippen LogP contribution in [0.1, 0.15) is 18.4 Å². The molecule has 0 radical (unpaired) electrons. The lowest BCUT2D eigenvalue weighted by atomic mass is 10.2. The van der Waals surface area contributed by atoms with Gasteiger partial charge in [-0.3, -0.25) is 0 Å². The summed E-state index contributed by atoms with van der Waals surface area (Å²) in [7, 11) is 0. The first kappa shape index (κ1) is 9.99. The molecule has 1 aromatic carbocycles. The van der Waals surface area contributed by atoms with Crippen LogP contribution in [0.3, 0.4) is 0 Å². The minimum atomic E-state index is 0.571.